The predicted molar refractivity (Wildman–Crippen MR) is 175 cm³/mol. The molecule has 46 heavy (non-hydrogen) atoms. The van der Waals surface area contributed by atoms with Gasteiger partial charge >= 0.3 is 11.9 Å². The van der Waals surface area contributed by atoms with Crippen LogP contribution in [0.5, 0.6) is 0 Å². The normalized spacial score (nSPS) is 17.9. The first-order chi connectivity index (χ1) is 22.4. The number of imidazole rings is 1. The van der Waals surface area contributed by atoms with Gasteiger partial charge in [-0.25, -0.2) is 29.5 Å². The van der Waals surface area contributed by atoms with Crippen molar-refractivity contribution in [2.45, 2.75) is 78.2 Å². The van der Waals surface area contributed by atoms with Crippen LogP contribution in [0.3, 0.4) is 0 Å². The first kappa shape index (κ1) is 32.7. The van der Waals surface area contributed by atoms with E-state index in [0.29, 0.717) is 34.5 Å². The predicted octanol–water partition coefficient (Wildman–Crippen LogP) is 6.38. The van der Waals surface area contributed by atoms with E-state index in [9.17, 15) is 9.59 Å². The van der Waals surface area contributed by atoms with Crippen LogP contribution in [0.1, 0.15) is 84.0 Å². The van der Waals surface area contributed by atoms with Crippen molar-refractivity contribution in [2.24, 2.45) is 4.99 Å². The molecule has 1 fully saturated rings. The molecule has 1 aliphatic heterocycles. The molecule has 4 aromatic rings. The third-order valence-electron chi connectivity index (χ3n) is 7.98. The number of hydrogen-bond donors (Lipinski definition) is 0. The molecule has 1 saturated heterocycles. The lowest BCUT2D eigenvalue weighted by atomic mass is 10.1. The summed E-state index contributed by atoms with van der Waals surface area (Å²) in [5.41, 5.74) is 4.02. The highest BCUT2D eigenvalue weighted by Gasteiger charge is 2.40. The fourth-order valence-corrected chi connectivity index (χ4v) is 5.20. The van der Waals surface area contributed by atoms with Crippen LogP contribution in [-0.2, 0) is 14.2 Å². The first-order valence-corrected chi connectivity index (χ1v) is 16.0. The molecule has 0 spiro atoms. The third kappa shape index (κ3) is 8.14. The van der Waals surface area contributed by atoms with Crippen LogP contribution < -0.4 is 0 Å². The van der Waals surface area contributed by atoms with E-state index in [1.807, 2.05) is 44.5 Å². The summed E-state index contributed by atoms with van der Waals surface area (Å²) in [6.07, 6.45) is 7.64. The Hall–Kier alpha value is -4.64. The Kier molecular flexibility index (Phi) is 11.1. The molecule has 0 amide bonds. The minimum absolute atomic E-state index is 0.0996. The summed E-state index contributed by atoms with van der Waals surface area (Å²) >= 11 is 0. The van der Waals surface area contributed by atoms with Gasteiger partial charge < -0.3 is 19.1 Å². The summed E-state index contributed by atoms with van der Waals surface area (Å²) in [7, 11) is 0. The molecule has 1 aliphatic rings. The van der Waals surface area contributed by atoms with Crippen molar-refractivity contribution in [3.63, 3.8) is 0 Å². The molecule has 0 bridgehead atoms. The van der Waals surface area contributed by atoms with Gasteiger partial charge in [-0.2, -0.15) is 0 Å². The minimum Gasteiger partial charge on any atom is -0.459 e. The molecule has 2 aromatic heterocycles. The molecule has 2 aromatic carbocycles. The van der Waals surface area contributed by atoms with Gasteiger partial charge in [0.25, 0.3) is 0 Å². The number of unbranched alkanes of at least 4 members (excludes halogenated alkanes) is 2. The fraction of sp³-hybridized carbons (Fsp3) is 0.429. The number of rotatable bonds is 14. The zero-order valence-electron chi connectivity index (χ0n) is 27.0. The van der Waals surface area contributed by atoms with Crippen LogP contribution >= 0.6 is 0 Å². The second kappa shape index (κ2) is 15.6. The number of aliphatic imine (C=N–C) groups is 1. The maximum absolute atomic E-state index is 13.1. The molecular formula is C35H42N6O5. The Labute approximate surface area is 269 Å². The average Bonchev–Trinajstić information content (AvgIpc) is 3.68. The molecule has 5 rings (SSSR count). The highest BCUT2D eigenvalue weighted by molar-refractivity contribution is 5.90. The van der Waals surface area contributed by atoms with Crippen molar-refractivity contribution >= 4 is 35.3 Å². The Morgan fingerprint density at radius 2 is 1.57 bits per heavy atom. The molecule has 11 nitrogen and oxygen atoms in total. The van der Waals surface area contributed by atoms with Crippen molar-refractivity contribution < 1.29 is 23.8 Å². The summed E-state index contributed by atoms with van der Waals surface area (Å²) in [5, 5.41) is 0. The van der Waals surface area contributed by atoms with Gasteiger partial charge in [0.2, 0.25) is 0 Å². The lowest BCUT2D eigenvalue weighted by molar-refractivity contribution is -0.0563. The van der Waals surface area contributed by atoms with Crippen molar-refractivity contribution in [1.29, 1.82) is 0 Å². The lowest BCUT2D eigenvalue weighted by Crippen LogP contribution is -2.32. The SMILES string of the molecule is CCCCN(/C=N/c1ncnc2c1ncn2[C@H]1C[C@H](OC(=O)c2ccc(C)cc2)[C@@H](COC(=O)c2ccc(C)cc2)O1)CCCC. The lowest BCUT2D eigenvalue weighted by Gasteiger charge is -2.19. The highest BCUT2D eigenvalue weighted by atomic mass is 16.6. The van der Waals surface area contributed by atoms with Crippen molar-refractivity contribution in [3.8, 4) is 0 Å². The molecular weight excluding hydrogens is 584 g/mol. The number of aryl methyl sites for hydroxylation is 2. The highest BCUT2D eigenvalue weighted by Crippen LogP contribution is 2.34. The van der Waals surface area contributed by atoms with Gasteiger partial charge in [0.1, 0.15) is 31.4 Å². The van der Waals surface area contributed by atoms with Gasteiger partial charge in [0.15, 0.2) is 17.0 Å². The average molecular weight is 627 g/mol. The second-order valence-corrected chi connectivity index (χ2v) is 11.6. The van der Waals surface area contributed by atoms with Crippen LogP contribution in [0, 0.1) is 13.8 Å². The zero-order chi connectivity index (χ0) is 32.5. The summed E-state index contributed by atoms with van der Waals surface area (Å²) in [6, 6.07) is 14.3. The monoisotopic (exact) mass is 626 g/mol. The van der Waals surface area contributed by atoms with Crippen LogP contribution in [-0.4, -0.2) is 74.6 Å². The molecule has 242 valence electrons. The summed E-state index contributed by atoms with van der Waals surface area (Å²) < 4.78 is 19.7. The Morgan fingerprint density at radius 1 is 0.935 bits per heavy atom. The Balaban J connectivity index is 1.35. The molecule has 0 radical (unpaired) electrons. The van der Waals surface area contributed by atoms with Gasteiger partial charge in [-0.05, 0) is 51.0 Å². The second-order valence-electron chi connectivity index (χ2n) is 11.6. The topological polar surface area (TPSA) is 121 Å². The van der Waals surface area contributed by atoms with E-state index in [-0.39, 0.29) is 6.61 Å². The molecule has 3 atom stereocenters. The number of esters is 2. The van der Waals surface area contributed by atoms with Crippen LogP contribution in [0.4, 0.5) is 5.82 Å². The maximum atomic E-state index is 13.1. The van der Waals surface area contributed by atoms with E-state index >= 15 is 0 Å². The smallest absolute Gasteiger partial charge is 0.338 e. The molecule has 3 heterocycles. The minimum atomic E-state index is -0.712. The van der Waals surface area contributed by atoms with Crippen molar-refractivity contribution in [1.82, 2.24) is 24.4 Å². The van der Waals surface area contributed by atoms with E-state index in [2.05, 4.69) is 38.7 Å². The first-order valence-electron chi connectivity index (χ1n) is 16.0. The van der Waals surface area contributed by atoms with E-state index in [0.717, 1.165) is 49.9 Å². The fourth-order valence-electron chi connectivity index (χ4n) is 5.20. The summed E-state index contributed by atoms with van der Waals surface area (Å²) in [4.78, 5) is 46.3. The zero-order valence-corrected chi connectivity index (χ0v) is 27.0. The summed E-state index contributed by atoms with van der Waals surface area (Å²) in [6.45, 7) is 10.0. The van der Waals surface area contributed by atoms with E-state index in [1.54, 1.807) is 35.2 Å². The van der Waals surface area contributed by atoms with E-state index < -0.39 is 30.4 Å². The molecule has 0 aliphatic carbocycles. The van der Waals surface area contributed by atoms with E-state index in [1.165, 1.54) is 6.33 Å². The summed E-state index contributed by atoms with van der Waals surface area (Å²) in [5.74, 6) is -0.495. The molecule has 11 heteroatoms. The van der Waals surface area contributed by atoms with Crippen LogP contribution in [0.15, 0.2) is 66.2 Å². The van der Waals surface area contributed by atoms with E-state index in [4.69, 9.17) is 14.2 Å². The quantitative estimate of drug-likeness (QED) is 0.0892. The van der Waals surface area contributed by atoms with Crippen molar-refractivity contribution in [3.05, 3.63) is 83.4 Å². The van der Waals surface area contributed by atoms with Gasteiger partial charge in [-0.15, -0.1) is 0 Å². The number of ether oxygens (including phenoxy) is 3. The maximum Gasteiger partial charge on any atom is 0.338 e. The number of fused-ring (bicyclic) bond motifs is 1. The van der Waals surface area contributed by atoms with Gasteiger partial charge in [-0.1, -0.05) is 62.1 Å². The molecule has 0 N–H and O–H groups in total. The standard InChI is InChI=1S/C35H42N6O5/c1-5-7-17-40(18-8-6-2)22-39-32-31-33(37-21-36-32)41(23-38-31)30-19-28(46-35(43)27-15-11-25(4)12-16-27)29(45-30)20-44-34(42)26-13-9-24(3)10-14-26/h9-16,21-23,28-30H,5-8,17-20H2,1-4H3/b39-22+/t28-,29+,30+/m0/s1. The number of benzene rings is 2. The number of carbonyl (C=O) groups excluding carboxylic acids is 2. The number of hydrogen-bond acceptors (Lipinski definition) is 9. The number of aromatic nitrogens is 4. The van der Waals surface area contributed by atoms with Crippen molar-refractivity contribution in [2.75, 3.05) is 19.7 Å². The molecule has 0 unspecified atom stereocenters. The Morgan fingerprint density at radius 3 is 2.20 bits per heavy atom. The molecule has 0 saturated carbocycles. The van der Waals surface area contributed by atoms with Crippen LogP contribution in [0.25, 0.3) is 11.2 Å². The van der Waals surface area contributed by atoms with Crippen LogP contribution in [0.2, 0.25) is 0 Å². The number of nitrogens with zero attached hydrogens (tertiary/aromatic N) is 6. The number of carbonyl (C=O) groups is 2. The van der Waals surface area contributed by atoms with Gasteiger partial charge in [0.05, 0.1) is 23.8 Å². The van der Waals surface area contributed by atoms with Gasteiger partial charge in [-0.3, -0.25) is 4.57 Å². The third-order valence-corrected chi connectivity index (χ3v) is 7.98. The largest absolute Gasteiger partial charge is 0.459 e. The van der Waals surface area contributed by atoms with Gasteiger partial charge in [0, 0.05) is 19.5 Å². The Bertz CT molecular complexity index is 1630.